The molecule has 10 nitrogen and oxygen atoms in total. The molecule has 34 heavy (non-hydrogen) atoms. The van der Waals surface area contributed by atoms with Crippen LogP contribution in [0.3, 0.4) is 0 Å². The summed E-state index contributed by atoms with van der Waals surface area (Å²) in [6.45, 7) is 3.19. The predicted octanol–water partition coefficient (Wildman–Crippen LogP) is 2.19. The molecule has 178 valence electrons. The van der Waals surface area contributed by atoms with Gasteiger partial charge in [-0.1, -0.05) is 36.5 Å². The predicted molar refractivity (Wildman–Crippen MR) is 116 cm³/mol. The third-order valence-electron chi connectivity index (χ3n) is 4.93. The van der Waals surface area contributed by atoms with Gasteiger partial charge >= 0.3 is 35.8 Å². The second-order valence-corrected chi connectivity index (χ2v) is 7.15. The zero-order valence-electron chi connectivity index (χ0n) is 18.3. The SMILES string of the molecule is CC=C1C=C(C(=O)O)C=CC1C(=O)OC(=O)CCC(=O)OC(=O)C1C=CC(C(=O)O)=CC1=CC. The van der Waals surface area contributed by atoms with Gasteiger partial charge in [0, 0.05) is 0 Å². The number of aliphatic carboxylic acids is 2. The zero-order valence-corrected chi connectivity index (χ0v) is 18.3. The first kappa shape index (κ1) is 25.9. The Labute approximate surface area is 194 Å². The standard InChI is InChI=1S/C24H22O10/c1-3-13-11-15(21(27)28)5-7-17(13)23(31)33-19(25)9-10-20(26)34-24(32)18-8-6-16(22(29)30)12-14(18)4-2/h3-8,11-12,17-18H,9-10H2,1-2H3,(H,27,28)(H,29,30). The van der Waals surface area contributed by atoms with Gasteiger partial charge in [0.05, 0.1) is 24.0 Å². The van der Waals surface area contributed by atoms with Crippen molar-refractivity contribution in [2.45, 2.75) is 26.7 Å². The number of carbonyl (C=O) groups excluding carboxylic acids is 4. The molecule has 10 heteroatoms. The van der Waals surface area contributed by atoms with Crippen molar-refractivity contribution in [3.05, 3.63) is 70.9 Å². The van der Waals surface area contributed by atoms with Crippen LogP contribution < -0.4 is 0 Å². The highest BCUT2D eigenvalue weighted by Gasteiger charge is 2.29. The molecule has 0 heterocycles. The average molecular weight is 470 g/mol. The fraction of sp³-hybridized carbons (Fsp3) is 0.250. The molecule has 0 aromatic carbocycles. The monoisotopic (exact) mass is 470 g/mol. The van der Waals surface area contributed by atoms with Gasteiger partial charge in [-0.15, -0.1) is 0 Å². The lowest BCUT2D eigenvalue weighted by atomic mass is 9.91. The van der Waals surface area contributed by atoms with Gasteiger partial charge in [-0.05, 0) is 37.1 Å². The third kappa shape index (κ3) is 6.58. The summed E-state index contributed by atoms with van der Waals surface area (Å²) >= 11 is 0. The molecule has 0 bridgehead atoms. The van der Waals surface area contributed by atoms with E-state index in [9.17, 15) is 28.8 Å². The summed E-state index contributed by atoms with van der Waals surface area (Å²) in [4.78, 5) is 70.6. The number of hydrogen-bond acceptors (Lipinski definition) is 8. The molecule has 2 aliphatic rings. The molecule has 0 aromatic heterocycles. The minimum Gasteiger partial charge on any atom is -0.478 e. The molecule has 0 fully saturated rings. The molecule has 0 saturated heterocycles. The van der Waals surface area contributed by atoms with E-state index in [1.54, 1.807) is 13.8 Å². The van der Waals surface area contributed by atoms with Crippen molar-refractivity contribution < 1.29 is 48.5 Å². The largest absolute Gasteiger partial charge is 0.478 e. The molecule has 0 spiro atoms. The van der Waals surface area contributed by atoms with E-state index < -0.39 is 60.5 Å². The van der Waals surface area contributed by atoms with E-state index in [0.717, 1.165) is 0 Å². The quantitative estimate of drug-likeness (QED) is 0.417. The Kier molecular flexibility index (Phi) is 8.77. The summed E-state index contributed by atoms with van der Waals surface area (Å²) in [6.07, 6.45) is 9.57. The maximum absolute atomic E-state index is 12.3. The number of carboxylic acids is 2. The Bertz CT molecular complexity index is 1020. The molecule has 0 saturated carbocycles. The molecule has 0 radical (unpaired) electrons. The molecule has 2 N–H and O–H groups in total. The molecule has 0 amide bonds. The van der Waals surface area contributed by atoms with Crippen LogP contribution in [-0.4, -0.2) is 46.0 Å². The number of carboxylic acid groups (broad SMARTS) is 2. The first-order chi connectivity index (χ1) is 16.1. The van der Waals surface area contributed by atoms with Crippen LogP contribution in [0.25, 0.3) is 0 Å². The second-order valence-electron chi connectivity index (χ2n) is 7.15. The second kappa shape index (κ2) is 11.5. The summed E-state index contributed by atoms with van der Waals surface area (Å²) in [7, 11) is 0. The minimum absolute atomic E-state index is 0.0283. The molecule has 2 unspecified atom stereocenters. The maximum atomic E-state index is 12.3. The van der Waals surface area contributed by atoms with Crippen LogP contribution in [0.15, 0.2) is 70.9 Å². The Balaban J connectivity index is 1.87. The van der Waals surface area contributed by atoms with Gasteiger partial charge in [0.2, 0.25) is 0 Å². The average Bonchev–Trinajstić information content (AvgIpc) is 2.81. The molecular formula is C24H22O10. The van der Waals surface area contributed by atoms with E-state index in [1.165, 1.54) is 48.6 Å². The zero-order chi connectivity index (χ0) is 25.4. The first-order valence-electron chi connectivity index (χ1n) is 10.1. The van der Waals surface area contributed by atoms with E-state index >= 15 is 0 Å². The van der Waals surface area contributed by atoms with Crippen molar-refractivity contribution in [3.8, 4) is 0 Å². The van der Waals surface area contributed by atoms with E-state index in [0.29, 0.717) is 11.1 Å². The van der Waals surface area contributed by atoms with Gasteiger partial charge in [-0.25, -0.2) is 9.59 Å². The third-order valence-corrected chi connectivity index (χ3v) is 4.93. The fourth-order valence-corrected chi connectivity index (χ4v) is 3.14. The lowest BCUT2D eigenvalue weighted by molar-refractivity contribution is -0.166. The van der Waals surface area contributed by atoms with Crippen LogP contribution in [0.4, 0.5) is 0 Å². The van der Waals surface area contributed by atoms with Crippen LogP contribution in [0.5, 0.6) is 0 Å². The highest BCUT2D eigenvalue weighted by molar-refractivity contribution is 5.97. The number of allylic oxidation sites excluding steroid dienone is 4. The van der Waals surface area contributed by atoms with Crippen molar-refractivity contribution in [1.29, 1.82) is 0 Å². The minimum atomic E-state index is -1.17. The summed E-state index contributed by atoms with van der Waals surface area (Å²) in [6, 6.07) is 0. The van der Waals surface area contributed by atoms with E-state index in [1.807, 2.05) is 0 Å². The summed E-state index contributed by atoms with van der Waals surface area (Å²) in [5.41, 5.74) is 0.616. The summed E-state index contributed by atoms with van der Waals surface area (Å²) < 4.78 is 9.47. The van der Waals surface area contributed by atoms with Gasteiger partial charge in [0.15, 0.2) is 0 Å². The Morgan fingerprint density at radius 1 is 0.735 bits per heavy atom. The maximum Gasteiger partial charge on any atom is 0.335 e. The Hall–Kier alpha value is -4.34. The van der Waals surface area contributed by atoms with Crippen molar-refractivity contribution in [3.63, 3.8) is 0 Å². The van der Waals surface area contributed by atoms with E-state index in [-0.39, 0.29) is 11.1 Å². The van der Waals surface area contributed by atoms with Crippen molar-refractivity contribution in [2.24, 2.45) is 11.8 Å². The van der Waals surface area contributed by atoms with E-state index in [2.05, 4.69) is 0 Å². The highest BCUT2D eigenvalue weighted by atomic mass is 16.6. The molecule has 2 atom stereocenters. The van der Waals surface area contributed by atoms with Gasteiger partial charge in [-0.2, -0.15) is 0 Å². The first-order valence-corrected chi connectivity index (χ1v) is 10.1. The van der Waals surface area contributed by atoms with Crippen molar-refractivity contribution >= 4 is 35.8 Å². The van der Waals surface area contributed by atoms with Gasteiger partial charge < -0.3 is 19.7 Å². The van der Waals surface area contributed by atoms with Gasteiger partial charge in [0.1, 0.15) is 11.8 Å². The van der Waals surface area contributed by atoms with Gasteiger partial charge in [0.25, 0.3) is 0 Å². The molecular weight excluding hydrogens is 448 g/mol. The van der Waals surface area contributed by atoms with Crippen LogP contribution >= 0.6 is 0 Å². The van der Waals surface area contributed by atoms with Crippen LogP contribution in [0.2, 0.25) is 0 Å². The topological polar surface area (TPSA) is 161 Å². The highest BCUT2D eigenvalue weighted by Crippen LogP contribution is 2.25. The van der Waals surface area contributed by atoms with Crippen LogP contribution in [0.1, 0.15) is 26.7 Å². The Morgan fingerprint density at radius 3 is 1.38 bits per heavy atom. The van der Waals surface area contributed by atoms with Crippen molar-refractivity contribution in [2.75, 3.05) is 0 Å². The Morgan fingerprint density at radius 2 is 1.09 bits per heavy atom. The smallest absolute Gasteiger partial charge is 0.335 e. The van der Waals surface area contributed by atoms with E-state index in [4.69, 9.17) is 19.7 Å². The number of esters is 4. The van der Waals surface area contributed by atoms with Crippen molar-refractivity contribution in [1.82, 2.24) is 0 Å². The summed E-state index contributed by atoms with van der Waals surface area (Å²) in [5.74, 6) is -8.22. The number of ether oxygens (including phenoxy) is 2. The molecule has 0 aromatic rings. The fourth-order valence-electron chi connectivity index (χ4n) is 3.14. The lowest BCUT2D eigenvalue weighted by Gasteiger charge is -2.17. The number of rotatable bonds is 7. The lowest BCUT2D eigenvalue weighted by Crippen LogP contribution is -2.25. The van der Waals surface area contributed by atoms with Crippen LogP contribution in [-0.2, 0) is 38.2 Å². The molecule has 0 aliphatic heterocycles. The van der Waals surface area contributed by atoms with Crippen LogP contribution in [0, 0.1) is 11.8 Å². The number of carbonyl (C=O) groups is 6. The number of hydrogen-bond donors (Lipinski definition) is 2. The summed E-state index contributed by atoms with van der Waals surface area (Å²) in [5, 5.41) is 18.1. The molecule has 2 rings (SSSR count). The molecule has 2 aliphatic carbocycles. The van der Waals surface area contributed by atoms with Gasteiger partial charge in [-0.3, -0.25) is 19.2 Å². The normalized spacial score (nSPS) is 21.5.